The second kappa shape index (κ2) is 7.85. The number of para-hydroxylation sites is 1. The number of benzene rings is 2. The average Bonchev–Trinajstić information content (AvgIpc) is 3.35. The summed E-state index contributed by atoms with van der Waals surface area (Å²) >= 11 is 1.64. The minimum Gasteiger partial charge on any atom is -0.403 e. The van der Waals surface area contributed by atoms with Crippen LogP contribution in [0.15, 0.2) is 63.9 Å². The highest BCUT2D eigenvalue weighted by Crippen LogP contribution is 2.27. The predicted molar refractivity (Wildman–Crippen MR) is 107 cm³/mol. The fourth-order valence-corrected chi connectivity index (χ4v) is 3.48. The predicted octanol–water partition coefficient (Wildman–Crippen LogP) is 3.45. The molecule has 1 fully saturated rings. The van der Waals surface area contributed by atoms with Crippen LogP contribution in [-0.4, -0.2) is 34.8 Å². The van der Waals surface area contributed by atoms with Gasteiger partial charge >= 0.3 is 6.01 Å². The van der Waals surface area contributed by atoms with Crippen LogP contribution < -0.4 is 10.2 Å². The summed E-state index contributed by atoms with van der Waals surface area (Å²) in [6.07, 6.45) is 2.15. The number of amides is 2. The molecule has 28 heavy (non-hydrogen) atoms. The van der Waals surface area contributed by atoms with E-state index in [1.165, 1.54) is 0 Å². The molecule has 2 heterocycles. The number of nitrogens with one attached hydrogen (secondary N) is 1. The molecule has 2 amide bonds. The van der Waals surface area contributed by atoms with Gasteiger partial charge in [-0.1, -0.05) is 23.3 Å². The van der Waals surface area contributed by atoms with Crippen molar-refractivity contribution in [3.05, 3.63) is 54.6 Å². The molecule has 1 unspecified atom stereocenters. The van der Waals surface area contributed by atoms with Crippen molar-refractivity contribution in [2.75, 3.05) is 23.0 Å². The van der Waals surface area contributed by atoms with Gasteiger partial charge in [0.2, 0.25) is 17.7 Å². The molecular weight excluding hydrogens is 376 g/mol. The molecule has 4 rings (SSSR count). The van der Waals surface area contributed by atoms with E-state index in [9.17, 15) is 9.59 Å². The maximum absolute atomic E-state index is 12.5. The highest BCUT2D eigenvalue weighted by molar-refractivity contribution is 7.98. The second-order valence-corrected chi connectivity index (χ2v) is 7.25. The summed E-state index contributed by atoms with van der Waals surface area (Å²) in [4.78, 5) is 27.6. The molecular formula is C20H18N4O3S. The summed E-state index contributed by atoms with van der Waals surface area (Å²) in [5.41, 5.74) is 1.56. The number of carbonyl (C=O) groups excluding carboxylic acids is 2. The Bertz CT molecular complexity index is 988. The van der Waals surface area contributed by atoms with Crippen LogP contribution in [0.4, 0.5) is 11.7 Å². The second-order valence-electron chi connectivity index (χ2n) is 6.37. The van der Waals surface area contributed by atoms with Crippen molar-refractivity contribution >= 4 is 35.3 Å². The third-order valence-corrected chi connectivity index (χ3v) is 5.30. The molecule has 3 aromatic rings. The molecule has 1 atom stereocenters. The minimum absolute atomic E-state index is 0.0274. The van der Waals surface area contributed by atoms with E-state index in [-0.39, 0.29) is 24.2 Å². The number of thioether (sulfide) groups is 1. The largest absolute Gasteiger partial charge is 0.403 e. The Kier molecular flexibility index (Phi) is 5.12. The number of anilines is 2. The van der Waals surface area contributed by atoms with Gasteiger partial charge in [-0.15, -0.1) is 16.9 Å². The fraction of sp³-hybridized carbons (Fsp3) is 0.200. The third kappa shape index (κ3) is 3.77. The number of rotatable bonds is 5. The fourth-order valence-electron chi connectivity index (χ4n) is 3.07. The third-order valence-electron chi connectivity index (χ3n) is 4.56. The van der Waals surface area contributed by atoms with Gasteiger partial charge in [0, 0.05) is 29.1 Å². The van der Waals surface area contributed by atoms with Gasteiger partial charge in [0.05, 0.1) is 5.92 Å². The first-order valence-electron chi connectivity index (χ1n) is 8.78. The molecule has 142 valence electrons. The molecule has 1 aliphatic rings. The quantitative estimate of drug-likeness (QED) is 0.667. The normalized spacial score (nSPS) is 16.4. The molecule has 0 aliphatic carbocycles. The molecule has 8 heteroatoms. The Morgan fingerprint density at radius 3 is 2.61 bits per heavy atom. The van der Waals surface area contributed by atoms with Crippen LogP contribution in [0.1, 0.15) is 6.42 Å². The molecule has 0 radical (unpaired) electrons. The zero-order valence-corrected chi connectivity index (χ0v) is 16.0. The van der Waals surface area contributed by atoms with Crippen molar-refractivity contribution in [1.82, 2.24) is 10.2 Å². The smallest absolute Gasteiger partial charge is 0.322 e. The average molecular weight is 394 g/mol. The van der Waals surface area contributed by atoms with Crippen LogP contribution in [-0.2, 0) is 9.59 Å². The summed E-state index contributed by atoms with van der Waals surface area (Å²) in [6, 6.07) is 17.0. The van der Waals surface area contributed by atoms with Crippen LogP contribution in [0, 0.1) is 5.92 Å². The summed E-state index contributed by atoms with van der Waals surface area (Å²) in [7, 11) is 0. The van der Waals surface area contributed by atoms with Gasteiger partial charge in [0.15, 0.2) is 0 Å². The lowest BCUT2D eigenvalue weighted by molar-refractivity contribution is -0.122. The minimum atomic E-state index is -0.469. The molecule has 0 bridgehead atoms. The molecule has 1 aromatic heterocycles. The van der Waals surface area contributed by atoms with E-state index in [0.29, 0.717) is 12.4 Å². The lowest BCUT2D eigenvalue weighted by Gasteiger charge is -2.16. The molecule has 0 spiro atoms. The van der Waals surface area contributed by atoms with Crippen LogP contribution in [0.2, 0.25) is 0 Å². The SMILES string of the molecule is CSc1ccc(-c2nnc(NC(=O)C3CC(=O)N(c4ccccc4)C3)o2)cc1. The Labute approximate surface area is 166 Å². The topological polar surface area (TPSA) is 88.3 Å². The van der Waals surface area contributed by atoms with Crippen molar-refractivity contribution in [3.8, 4) is 11.5 Å². The van der Waals surface area contributed by atoms with Crippen molar-refractivity contribution in [1.29, 1.82) is 0 Å². The van der Waals surface area contributed by atoms with Gasteiger partial charge in [0.25, 0.3) is 0 Å². The Balaban J connectivity index is 1.41. The summed E-state index contributed by atoms with van der Waals surface area (Å²) < 4.78 is 5.55. The Morgan fingerprint density at radius 1 is 1.14 bits per heavy atom. The van der Waals surface area contributed by atoms with Crippen molar-refractivity contribution in [2.24, 2.45) is 5.92 Å². The van der Waals surface area contributed by atoms with E-state index in [1.807, 2.05) is 60.9 Å². The first-order chi connectivity index (χ1) is 13.6. The van der Waals surface area contributed by atoms with Crippen LogP contribution in [0.5, 0.6) is 0 Å². The van der Waals surface area contributed by atoms with Gasteiger partial charge < -0.3 is 9.32 Å². The first-order valence-corrected chi connectivity index (χ1v) is 10.0. The standard InChI is InChI=1S/C20H18N4O3S/c1-28-16-9-7-13(8-10-16)19-22-23-20(27-19)21-18(26)14-11-17(25)24(12-14)15-5-3-2-4-6-15/h2-10,14H,11-12H2,1H3,(H,21,23,26). The molecule has 1 aliphatic heterocycles. The number of hydrogen-bond acceptors (Lipinski definition) is 6. The molecule has 7 nitrogen and oxygen atoms in total. The number of aromatic nitrogens is 2. The monoisotopic (exact) mass is 394 g/mol. The van der Waals surface area contributed by atoms with E-state index in [2.05, 4.69) is 15.5 Å². The van der Waals surface area contributed by atoms with E-state index >= 15 is 0 Å². The maximum Gasteiger partial charge on any atom is 0.322 e. The van der Waals surface area contributed by atoms with Gasteiger partial charge in [-0.3, -0.25) is 14.9 Å². The highest BCUT2D eigenvalue weighted by Gasteiger charge is 2.35. The van der Waals surface area contributed by atoms with Crippen molar-refractivity contribution < 1.29 is 14.0 Å². The highest BCUT2D eigenvalue weighted by atomic mass is 32.2. The molecule has 1 N–H and O–H groups in total. The lowest BCUT2D eigenvalue weighted by Crippen LogP contribution is -2.28. The van der Waals surface area contributed by atoms with Crippen molar-refractivity contribution in [2.45, 2.75) is 11.3 Å². The van der Waals surface area contributed by atoms with E-state index in [1.54, 1.807) is 16.7 Å². The molecule has 0 saturated carbocycles. The van der Waals surface area contributed by atoms with Gasteiger partial charge in [0.1, 0.15) is 0 Å². The van der Waals surface area contributed by atoms with E-state index in [4.69, 9.17) is 4.42 Å². The number of nitrogens with zero attached hydrogens (tertiary/aromatic N) is 3. The molecule has 1 saturated heterocycles. The summed E-state index contributed by atoms with van der Waals surface area (Å²) in [6.45, 7) is 0.325. The zero-order valence-electron chi connectivity index (χ0n) is 15.2. The van der Waals surface area contributed by atoms with Crippen LogP contribution >= 0.6 is 11.8 Å². The van der Waals surface area contributed by atoms with E-state index < -0.39 is 5.92 Å². The van der Waals surface area contributed by atoms with Crippen LogP contribution in [0.25, 0.3) is 11.5 Å². The van der Waals surface area contributed by atoms with E-state index in [0.717, 1.165) is 16.1 Å². The summed E-state index contributed by atoms with van der Waals surface area (Å²) in [5.74, 6) is -0.522. The van der Waals surface area contributed by atoms with Gasteiger partial charge in [-0.05, 0) is 42.7 Å². The Hall–Kier alpha value is -3.13. The first kappa shape index (κ1) is 18.2. The Morgan fingerprint density at radius 2 is 1.89 bits per heavy atom. The molecule has 2 aromatic carbocycles. The van der Waals surface area contributed by atoms with Gasteiger partial charge in [-0.2, -0.15) is 0 Å². The van der Waals surface area contributed by atoms with Crippen molar-refractivity contribution in [3.63, 3.8) is 0 Å². The number of carbonyl (C=O) groups is 2. The summed E-state index contributed by atoms with van der Waals surface area (Å²) in [5, 5.41) is 10.5. The lowest BCUT2D eigenvalue weighted by atomic mass is 10.1. The zero-order chi connectivity index (χ0) is 19.5. The van der Waals surface area contributed by atoms with Gasteiger partial charge in [-0.25, -0.2) is 0 Å². The van der Waals surface area contributed by atoms with Crippen LogP contribution in [0.3, 0.4) is 0 Å². The maximum atomic E-state index is 12.5. The number of hydrogen-bond donors (Lipinski definition) is 1.